The van der Waals surface area contributed by atoms with Crippen molar-refractivity contribution in [2.24, 2.45) is 7.05 Å². The Kier molecular flexibility index (Phi) is 6.03. The van der Waals surface area contributed by atoms with Crippen molar-refractivity contribution in [2.75, 3.05) is 26.2 Å². The molecule has 29 heavy (non-hydrogen) atoms. The number of aromatic nitrogens is 2. The Morgan fingerprint density at radius 3 is 2.62 bits per heavy atom. The number of benzene rings is 1. The van der Waals surface area contributed by atoms with Crippen LogP contribution in [0.5, 0.6) is 0 Å². The van der Waals surface area contributed by atoms with E-state index < -0.39 is 0 Å². The third kappa shape index (κ3) is 4.39. The molecule has 0 spiro atoms. The van der Waals surface area contributed by atoms with Gasteiger partial charge in [-0.25, -0.2) is 4.98 Å². The summed E-state index contributed by atoms with van der Waals surface area (Å²) in [6.45, 7) is 6.01. The van der Waals surface area contributed by atoms with Crippen molar-refractivity contribution in [1.29, 1.82) is 0 Å². The first kappa shape index (κ1) is 20.1. The van der Waals surface area contributed by atoms with E-state index in [2.05, 4.69) is 34.1 Å². The van der Waals surface area contributed by atoms with Gasteiger partial charge in [0.1, 0.15) is 4.70 Å². The van der Waals surface area contributed by atoms with E-state index in [1.54, 1.807) is 11.6 Å². The van der Waals surface area contributed by atoms with E-state index in [1.165, 1.54) is 28.7 Å². The second-order valence-corrected chi connectivity index (χ2v) is 9.46. The molecule has 1 aliphatic heterocycles. The maximum Gasteiger partial charge on any atom is 0.271 e. The number of fused-ring (bicyclic) bond motifs is 1. The first-order valence-electron chi connectivity index (χ1n) is 9.69. The van der Waals surface area contributed by atoms with Crippen LogP contribution in [0, 0.1) is 0 Å². The zero-order chi connectivity index (χ0) is 20.4. The number of amides is 1. The van der Waals surface area contributed by atoms with Gasteiger partial charge in [0.25, 0.3) is 5.56 Å². The molecule has 2 aromatic heterocycles. The lowest BCUT2D eigenvalue weighted by atomic mass is 10.2. The van der Waals surface area contributed by atoms with E-state index >= 15 is 0 Å². The lowest BCUT2D eigenvalue weighted by Gasteiger charge is -2.35. The van der Waals surface area contributed by atoms with E-state index in [1.807, 2.05) is 29.3 Å². The van der Waals surface area contributed by atoms with Crippen LogP contribution in [-0.4, -0.2) is 56.7 Å². The van der Waals surface area contributed by atoms with E-state index in [0.29, 0.717) is 15.4 Å². The van der Waals surface area contributed by atoms with Crippen molar-refractivity contribution in [2.45, 2.75) is 23.9 Å². The molecule has 1 atom stereocenters. The van der Waals surface area contributed by atoms with Gasteiger partial charge in [-0.15, -0.1) is 11.3 Å². The maximum atomic E-state index is 13.0. The summed E-state index contributed by atoms with van der Waals surface area (Å²) in [6, 6.07) is 12.3. The van der Waals surface area contributed by atoms with Crippen LogP contribution in [0.1, 0.15) is 12.5 Å². The number of rotatable bonds is 5. The van der Waals surface area contributed by atoms with Crippen LogP contribution in [0.15, 0.2) is 51.7 Å². The third-order valence-electron chi connectivity index (χ3n) is 5.21. The van der Waals surface area contributed by atoms with E-state index in [0.717, 1.165) is 32.7 Å². The van der Waals surface area contributed by atoms with Crippen molar-refractivity contribution in [3.8, 4) is 0 Å². The summed E-state index contributed by atoms with van der Waals surface area (Å²) in [6.07, 6.45) is 0. The van der Waals surface area contributed by atoms with E-state index in [9.17, 15) is 9.59 Å². The first-order chi connectivity index (χ1) is 14.0. The number of thioether (sulfide) groups is 1. The molecule has 0 bridgehead atoms. The Morgan fingerprint density at radius 1 is 1.17 bits per heavy atom. The second kappa shape index (κ2) is 8.69. The average Bonchev–Trinajstić information content (AvgIpc) is 3.21. The van der Waals surface area contributed by atoms with Gasteiger partial charge in [0.05, 0.1) is 10.8 Å². The summed E-state index contributed by atoms with van der Waals surface area (Å²) in [5.74, 6) is 0.106. The first-order valence-corrected chi connectivity index (χ1v) is 11.4. The predicted octanol–water partition coefficient (Wildman–Crippen LogP) is 2.82. The normalized spacial score (nSPS) is 16.3. The van der Waals surface area contributed by atoms with Crippen LogP contribution < -0.4 is 5.56 Å². The van der Waals surface area contributed by atoms with Gasteiger partial charge in [0, 0.05) is 39.8 Å². The predicted molar refractivity (Wildman–Crippen MR) is 118 cm³/mol. The van der Waals surface area contributed by atoms with Crippen molar-refractivity contribution in [3.05, 3.63) is 57.7 Å². The molecule has 1 amide bonds. The zero-order valence-corrected chi connectivity index (χ0v) is 18.2. The molecular formula is C21H24N4O2S2. The molecule has 1 fully saturated rings. The number of piperazine rings is 1. The molecule has 0 saturated carbocycles. The summed E-state index contributed by atoms with van der Waals surface area (Å²) in [7, 11) is 1.72. The highest BCUT2D eigenvalue weighted by Gasteiger charge is 2.26. The maximum absolute atomic E-state index is 13.0. The van der Waals surface area contributed by atoms with Gasteiger partial charge < -0.3 is 4.90 Å². The minimum absolute atomic E-state index is 0.0540. The molecule has 8 heteroatoms. The molecule has 3 heterocycles. The number of hydrogen-bond acceptors (Lipinski definition) is 6. The largest absolute Gasteiger partial charge is 0.339 e. The SMILES string of the molecule is CC(Sc1nc2ccsc2c(=O)n1C)C(=O)N1CCN(Cc2ccccc2)CC1. The Bertz CT molecular complexity index is 1060. The van der Waals surface area contributed by atoms with Gasteiger partial charge in [-0.1, -0.05) is 42.1 Å². The van der Waals surface area contributed by atoms with Gasteiger partial charge >= 0.3 is 0 Å². The summed E-state index contributed by atoms with van der Waals surface area (Å²) in [5.41, 5.74) is 1.95. The smallest absolute Gasteiger partial charge is 0.271 e. The van der Waals surface area contributed by atoms with Crippen LogP contribution in [0.3, 0.4) is 0 Å². The quantitative estimate of drug-likeness (QED) is 0.462. The lowest BCUT2D eigenvalue weighted by molar-refractivity contribution is -0.132. The average molecular weight is 429 g/mol. The minimum Gasteiger partial charge on any atom is -0.339 e. The highest BCUT2D eigenvalue weighted by atomic mass is 32.2. The Morgan fingerprint density at radius 2 is 1.90 bits per heavy atom. The molecule has 3 aromatic rings. The summed E-state index contributed by atoms with van der Waals surface area (Å²) in [5, 5.41) is 2.17. The fourth-order valence-electron chi connectivity index (χ4n) is 3.51. The van der Waals surface area contributed by atoms with Crippen LogP contribution in [0.2, 0.25) is 0 Å². The Hall–Kier alpha value is -2.16. The monoisotopic (exact) mass is 428 g/mol. The fourth-order valence-corrected chi connectivity index (χ4v) is 5.27. The second-order valence-electron chi connectivity index (χ2n) is 7.24. The highest BCUT2D eigenvalue weighted by molar-refractivity contribution is 8.00. The van der Waals surface area contributed by atoms with Gasteiger partial charge in [-0.3, -0.25) is 19.1 Å². The molecule has 0 aliphatic carbocycles. The number of carbonyl (C=O) groups is 1. The van der Waals surface area contributed by atoms with E-state index in [-0.39, 0.29) is 16.7 Å². The molecule has 0 N–H and O–H groups in total. The summed E-state index contributed by atoms with van der Waals surface area (Å²) < 4.78 is 2.20. The van der Waals surface area contributed by atoms with E-state index in [4.69, 9.17) is 0 Å². The molecule has 6 nitrogen and oxygen atoms in total. The molecule has 1 aliphatic rings. The van der Waals surface area contributed by atoms with Crippen LogP contribution in [-0.2, 0) is 18.4 Å². The third-order valence-corrected chi connectivity index (χ3v) is 7.23. The number of thiophene rings is 1. The minimum atomic E-state index is -0.287. The lowest BCUT2D eigenvalue weighted by Crippen LogP contribution is -2.50. The molecule has 1 aromatic carbocycles. The van der Waals surface area contributed by atoms with Crippen molar-refractivity contribution >= 4 is 39.2 Å². The summed E-state index contributed by atoms with van der Waals surface area (Å²) >= 11 is 2.76. The zero-order valence-electron chi connectivity index (χ0n) is 16.6. The van der Waals surface area contributed by atoms with Gasteiger partial charge in [-0.05, 0) is 23.9 Å². The number of nitrogens with zero attached hydrogens (tertiary/aromatic N) is 4. The van der Waals surface area contributed by atoms with Crippen molar-refractivity contribution in [3.63, 3.8) is 0 Å². The van der Waals surface area contributed by atoms with Gasteiger partial charge in [0.15, 0.2) is 5.16 Å². The summed E-state index contributed by atoms with van der Waals surface area (Å²) in [4.78, 5) is 34.3. The fraction of sp³-hybridized carbons (Fsp3) is 0.381. The molecule has 152 valence electrons. The highest BCUT2D eigenvalue weighted by Crippen LogP contribution is 2.25. The topological polar surface area (TPSA) is 58.4 Å². The van der Waals surface area contributed by atoms with Gasteiger partial charge in [0.2, 0.25) is 5.91 Å². The Balaban J connectivity index is 1.37. The van der Waals surface area contributed by atoms with Crippen LogP contribution >= 0.6 is 23.1 Å². The van der Waals surface area contributed by atoms with Crippen LogP contribution in [0.25, 0.3) is 10.2 Å². The molecule has 1 unspecified atom stereocenters. The molecule has 4 rings (SSSR count). The molecule has 1 saturated heterocycles. The van der Waals surface area contributed by atoms with Crippen molar-refractivity contribution < 1.29 is 4.79 Å². The van der Waals surface area contributed by atoms with Gasteiger partial charge in [-0.2, -0.15) is 0 Å². The van der Waals surface area contributed by atoms with Crippen molar-refractivity contribution in [1.82, 2.24) is 19.4 Å². The molecule has 0 radical (unpaired) electrons. The molecular weight excluding hydrogens is 404 g/mol. The van der Waals surface area contributed by atoms with Crippen LogP contribution in [0.4, 0.5) is 0 Å². The number of hydrogen-bond donors (Lipinski definition) is 0. The number of carbonyl (C=O) groups excluding carboxylic acids is 1. The standard InChI is InChI=1S/C21H24N4O2S2/c1-15(29-21-22-17-8-13-28-18(17)20(27)23(21)2)19(26)25-11-9-24(10-12-25)14-16-6-4-3-5-7-16/h3-8,13,15H,9-12,14H2,1-2H3. The Labute approximate surface area is 178 Å².